The average molecular weight is 470 g/mol. The highest BCUT2D eigenvalue weighted by Gasteiger charge is 2.34. The van der Waals surface area contributed by atoms with Gasteiger partial charge in [-0.05, 0) is 81.9 Å². The Morgan fingerprint density at radius 3 is 2.64 bits per heavy atom. The average Bonchev–Trinajstić information content (AvgIpc) is 3.40. The Kier molecular flexibility index (Phi) is 8.29. The van der Waals surface area contributed by atoms with Crippen LogP contribution in [0.1, 0.15) is 91.3 Å². The standard InChI is InChI=1S/C28H40ClN3O/c1-19-17-20(2)28(29)23-18-22(30-14-8-16-32-15-7-9-21(32)3)10-4-5-11-24-25(31-24)12-6-13-26(33)27(19)23/h17,24-25,31H,3-16,18H2,1-2H3/t24?,25-/m0/s1. The number of aryl methyl sites for hydroxylation is 2. The SMILES string of the molecule is C=C1CCCN1CCCN=C1CCCCC2N[C@H]2CCCC(=O)c2c(C)cc(C)c(Cl)c2C1. The molecule has 2 heterocycles. The third-order valence-electron chi connectivity index (χ3n) is 7.62. The van der Waals surface area contributed by atoms with Gasteiger partial charge in [0.05, 0.1) is 0 Å². The fraction of sp³-hybridized carbons (Fsp3) is 0.643. The van der Waals surface area contributed by atoms with E-state index in [-0.39, 0.29) is 5.78 Å². The first-order valence-corrected chi connectivity index (χ1v) is 13.3. The van der Waals surface area contributed by atoms with Crippen LogP contribution in [0.15, 0.2) is 23.3 Å². The zero-order chi connectivity index (χ0) is 23.4. The first-order valence-electron chi connectivity index (χ1n) is 13.0. The molecule has 1 aromatic rings. The third-order valence-corrected chi connectivity index (χ3v) is 8.14. The second kappa shape index (κ2) is 11.2. The van der Waals surface area contributed by atoms with Crippen molar-refractivity contribution in [2.75, 3.05) is 19.6 Å². The summed E-state index contributed by atoms with van der Waals surface area (Å²) in [5.41, 5.74) is 6.44. The van der Waals surface area contributed by atoms with Crippen molar-refractivity contribution in [3.63, 3.8) is 0 Å². The molecule has 1 aliphatic carbocycles. The summed E-state index contributed by atoms with van der Waals surface area (Å²) in [7, 11) is 0. The summed E-state index contributed by atoms with van der Waals surface area (Å²) in [6.45, 7) is 11.3. The summed E-state index contributed by atoms with van der Waals surface area (Å²) in [4.78, 5) is 20.8. The van der Waals surface area contributed by atoms with Crippen LogP contribution >= 0.6 is 11.6 Å². The van der Waals surface area contributed by atoms with Crippen molar-refractivity contribution in [2.45, 2.75) is 96.6 Å². The van der Waals surface area contributed by atoms with E-state index in [2.05, 4.69) is 29.8 Å². The fourth-order valence-corrected chi connectivity index (χ4v) is 5.89. The maximum Gasteiger partial charge on any atom is 0.163 e. The van der Waals surface area contributed by atoms with Crippen molar-refractivity contribution in [1.82, 2.24) is 10.2 Å². The molecule has 1 unspecified atom stereocenters. The van der Waals surface area contributed by atoms with E-state index in [0.29, 0.717) is 24.9 Å². The summed E-state index contributed by atoms with van der Waals surface area (Å²) in [5.74, 6) is 0.241. The van der Waals surface area contributed by atoms with Gasteiger partial charge < -0.3 is 10.2 Å². The van der Waals surface area contributed by atoms with Crippen LogP contribution in [0.4, 0.5) is 0 Å². The van der Waals surface area contributed by atoms with Gasteiger partial charge in [0.1, 0.15) is 0 Å². The topological polar surface area (TPSA) is 54.6 Å². The molecule has 2 saturated heterocycles. The number of likely N-dealkylation sites (tertiary alicyclic amines) is 1. The molecule has 1 aromatic carbocycles. The third kappa shape index (κ3) is 6.27. The molecular weight excluding hydrogens is 430 g/mol. The molecule has 3 aliphatic rings. The van der Waals surface area contributed by atoms with Crippen molar-refractivity contribution in [3.8, 4) is 0 Å². The highest BCUT2D eigenvalue weighted by Crippen LogP contribution is 2.31. The van der Waals surface area contributed by atoms with Gasteiger partial charge in [0.25, 0.3) is 0 Å². The van der Waals surface area contributed by atoms with Gasteiger partial charge in [-0.1, -0.05) is 30.7 Å². The van der Waals surface area contributed by atoms with Crippen LogP contribution in [0.2, 0.25) is 5.02 Å². The molecule has 0 bridgehead atoms. The lowest BCUT2D eigenvalue weighted by Crippen LogP contribution is -2.19. The van der Waals surface area contributed by atoms with Gasteiger partial charge in [-0.3, -0.25) is 9.79 Å². The Balaban J connectivity index is 1.53. The first-order chi connectivity index (χ1) is 15.9. The van der Waals surface area contributed by atoms with E-state index in [9.17, 15) is 4.79 Å². The Hall–Kier alpha value is -1.65. The zero-order valence-corrected chi connectivity index (χ0v) is 21.3. The molecule has 180 valence electrons. The lowest BCUT2D eigenvalue weighted by molar-refractivity contribution is 0.0978. The Morgan fingerprint density at radius 1 is 1.09 bits per heavy atom. The van der Waals surface area contributed by atoms with Gasteiger partial charge in [0.15, 0.2) is 5.78 Å². The maximum absolute atomic E-state index is 13.3. The minimum Gasteiger partial charge on any atom is -0.375 e. The number of allylic oxidation sites excluding steroid dienone is 1. The highest BCUT2D eigenvalue weighted by atomic mass is 35.5. The molecule has 2 aliphatic heterocycles. The number of nitrogens with zero attached hydrogens (tertiary/aromatic N) is 2. The van der Waals surface area contributed by atoms with Crippen LogP contribution in [0, 0.1) is 13.8 Å². The van der Waals surface area contributed by atoms with Crippen LogP contribution < -0.4 is 5.32 Å². The largest absolute Gasteiger partial charge is 0.375 e. The number of fused-ring (bicyclic) bond motifs is 2. The van der Waals surface area contributed by atoms with Crippen LogP contribution in [0.3, 0.4) is 0 Å². The molecule has 0 aromatic heterocycles. The van der Waals surface area contributed by atoms with Crippen molar-refractivity contribution in [3.05, 3.63) is 45.6 Å². The van der Waals surface area contributed by atoms with E-state index in [1.165, 1.54) is 30.7 Å². The van der Waals surface area contributed by atoms with Gasteiger partial charge in [-0.2, -0.15) is 0 Å². The van der Waals surface area contributed by atoms with Gasteiger partial charge in [-0.15, -0.1) is 0 Å². The van der Waals surface area contributed by atoms with Crippen molar-refractivity contribution >= 4 is 23.1 Å². The quantitative estimate of drug-likeness (QED) is 0.421. The van der Waals surface area contributed by atoms with Gasteiger partial charge >= 0.3 is 0 Å². The number of halogens is 1. The van der Waals surface area contributed by atoms with E-state index in [0.717, 1.165) is 85.4 Å². The molecule has 33 heavy (non-hydrogen) atoms. The van der Waals surface area contributed by atoms with Gasteiger partial charge in [0.2, 0.25) is 0 Å². The van der Waals surface area contributed by atoms with E-state index in [1.807, 2.05) is 6.92 Å². The van der Waals surface area contributed by atoms with Gasteiger partial charge in [-0.25, -0.2) is 0 Å². The molecule has 5 heteroatoms. The summed E-state index contributed by atoms with van der Waals surface area (Å²) < 4.78 is 0. The summed E-state index contributed by atoms with van der Waals surface area (Å²) in [6.07, 6.45) is 11.4. The van der Waals surface area contributed by atoms with Crippen LogP contribution in [-0.4, -0.2) is 48.1 Å². The number of carbonyl (C=O) groups is 1. The van der Waals surface area contributed by atoms with Crippen molar-refractivity contribution < 1.29 is 4.79 Å². The number of rotatable bonds is 4. The fourth-order valence-electron chi connectivity index (χ4n) is 5.68. The van der Waals surface area contributed by atoms with Crippen molar-refractivity contribution in [2.24, 2.45) is 4.99 Å². The minimum absolute atomic E-state index is 0.241. The van der Waals surface area contributed by atoms with E-state index in [4.69, 9.17) is 16.6 Å². The number of hydrogen-bond acceptors (Lipinski definition) is 4. The normalized spacial score (nSPS) is 25.7. The minimum atomic E-state index is 0.241. The molecule has 0 spiro atoms. The summed E-state index contributed by atoms with van der Waals surface area (Å²) in [5, 5.41) is 4.36. The molecule has 2 atom stereocenters. The molecule has 0 amide bonds. The predicted molar refractivity (Wildman–Crippen MR) is 139 cm³/mol. The monoisotopic (exact) mass is 469 g/mol. The molecule has 4 rings (SSSR count). The number of hydrogen-bond donors (Lipinski definition) is 1. The highest BCUT2D eigenvalue weighted by molar-refractivity contribution is 6.33. The summed E-state index contributed by atoms with van der Waals surface area (Å²) >= 11 is 6.82. The Bertz CT molecular complexity index is 922. The summed E-state index contributed by atoms with van der Waals surface area (Å²) in [6, 6.07) is 3.33. The van der Waals surface area contributed by atoms with Gasteiger partial charge in [0, 0.05) is 66.6 Å². The second-order valence-corrected chi connectivity index (χ2v) is 10.6. The van der Waals surface area contributed by atoms with Crippen LogP contribution in [0.5, 0.6) is 0 Å². The second-order valence-electron chi connectivity index (χ2n) is 10.3. The van der Waals surface area contributed by atoms with E-state index in [1.54, 1.807) is 0 Å². The molecular formula is C28H40ClN3O. The number of Topliss-reactive ketones (excluding diaryl/α,β-unsaturated/α-hetero) is 1. The molecule has 0 radical (unpaired) electrons. The molecule has 4 nitrogen and oxygen atoms in total. The zero-order valence-electron chi connectivity index (χ0n) is 20.5. The maximum atomic E-state index is 13.3. The van der Waals surface area contributed by atoms with Crippen LogP contribution in [-0.2, 0) is 6.42 Å². The predicted octanol–water partition coefficient (Wildman–Crippen LogP) is 6.21. The van der Waals surface area contributed by atoms with E-state index < -0.39 is 0 Å². The molecule has 0 saturated carbocycles. The number of nitrogens with one attached hydrogen (secondary N) is 1. The number of aliphatic imine (C=N–C) groups is 1. The smallest absolute Gasteiger partial charge is 0.163 e. The molecule has 2 fully saturated rings. The first kappa shape index (κ1) is 24.5. The lowest BCUT2D eigenvalue weighted by Gasteiger charge is -2.19. The van der Waals surface area contributed by atoms with E-state index >= 15 is 0 Å². The number of benzene rings is 1. The Morgan fingerprint density at radius 2 is 1.88 bits per heavy atom. The molecule has 1 N–H and O–H groups in total. The lowest BCUT2D eigenvalue weighted by atomic mass is 9.89. The number of ketones is 1. The van der Waals surface area contributed by atoms with Crippen molar-refractivity contribution in [1.29, 1.82) is 0 Å². The Labute approximate surface area is 204 Å². The number of carbonyl (C=O) groups excluding carboxylic acids is 1. The van der Waals surface area contributed by atoms with Crippen LogP contribution in [0.25, 0.3) is 0 Å².